The summed E-state index contributed by atoms with van der Waals surface area (Å²) in [6, 6.07) is 84.8. The van der Waals surface area contributed by atoms with Crippen molar-refractivity contribution in [1.82, 2.24) is 0 Å². The summed E-state index contributed by atoms with van der Waals surface area (Å²) in [6.45, 7) is 0. The zero-order valence-electron chi connectivity index (χ0n) is 35.3. The van der Waals surface area contributed by atoms with E-state index < -0.39 is 0 Å². The van der Waals surface area contributed by atoms with Crippen LogP contribution in [0.15, 0.2) is 245 Å². The van der Waals surface area contributed by atoms with Gasteiger partial charge in [-0.2, -0.15) is 0 Å². The second kappa shape index (κ2) is 15.0. The van der Waals surface area contributed by atoms with Gasteiger partial charge in [-0.15, -0.1) is 0 Å². The van der Waals surface area contributed by atoms with Crippen molar-refractivity contribution in [2.45, 2.75) is 0 Å². The number of nitrogens with zero attached hydrogens (tertiary/aromatic N) is 1. The summed E-state index contributed by atoms with van der Waals surface area (Å²) in [5.74, 6) is 0. The van der Waals surface area contributed by atoms with Crippen molar-refractivity contribution in [2.75, 3.05) is 4.90 Å². The summed E-state index contributed by atoms with van der Waals surface area (Å²) in [7, 11) is 0. The van der Waals surface area contributed by atoms with Gasteiger partial charge in [0.25, 0.3) is 0 Å². The Balaban J connectivity index is 0.888. The number of hydrogen-bond donors (Lipinski definition) is 0. The Morgan fingerprint density at radius 1 is 0.246 bits per heavy atom. The van der Waals surface area contributed by atoms with Crippen molar-refractivity contribution >= 4 is 82.5 Å². The van der Waals surface area contributed by atoms with Gasteiger partial charge in [0.1, 0.15) is 22.3 Å². The van der Waals surface area contributed by atoms with Gasteiger partial charge in [-0.1, -0.05) is 164 Å². The zero-order valence-corrected chi connectivity index (χ0v) is 35.3. The lowest BCUT2D eigenvalue weighted by Gasteiger charge is -2.26. The van der Waals surface area contributed by atoms with Gasteiger partial charge in [0.05, 0.1) is 0 Å². The van der Waals surface area contributed by atoms with E-state index in [1.54, 1.807) is 0 Å². The number of hydrogen-bond acceptors (Lipinski definition) is 3. The molecule has 0 saturated carbocycles. The molecule has 2 heterocycles. The van der Waals surface area contributed by atoms with E-state index in [-0.39, 0.29) is 0 Å². The molecule has 13 aromatic rings. The Morgan fingerprint density at radius 2 is 0.723 bits per heavy atom. The van der Waals surface area contributed by atoms with Gasteiger partial charge in [-0.25, -0.2) is 0 Å². The molecule has 0 spiro atoms. The summed E-state index contributed by atoms with van der Waals surface area (Å²) in [6.07, 6.45) is 0. The molecule has 65 heavy (non-hydrogen) atoms. The first-order valence-electron chi connectivity index (χ1n) is 22.1. The van der Waals surface area contributed by atoms with Crippen molar-refractivity contribution in [1.29, 1.82) is 0 Å². The number of furan rings is 2. The maximum atomic E-state index is 6.51. The van der Waals surface area contributed by atoms with Crippen LogP contribution in [0.5, 0.6) is 0 Å². The van der Waals surface area contributed by atoms with E-state index in [9.17, 15) is 0 Å². The third kappa shape index (κ3) is 6.28. The SMILES string of the molecule is c1ccc(-c2cccc3c2oc2ccc(-c4ccc(N(c5ccc(-c6ccc7oc8ccccc8c7c6)cc5)c5ccc(-c6cc7ccccc7c7ccccc67)cc5)cc4)cc23)cc1. The van der Waals surface area contributed by atoms with Gasteiger partial charge in [0.2, 0.25) is 0 Å². The lowest BCUT2D eigenvalue weighted by Crippen LogP contribution is -2.09. The monoisotopic (exact) mass is 829 g/mol. The van der Waals surface area contributed by atoms with Crippen LogP contribution < -0.4 is 4.90 Å². The molecule has 0 atom stereocenters. The standard InChI is InChI=1S/C62H39NO2/c1-2-11-42(12-3-1)51-18-10-19-55-58-38-45(28-36-61(58)65-62(51)55)41-23-31-48(32-24-41)63(47-29-21-40(22-30-47)44-27-35-60-57(37-44)54-17-8-9-20-59(54)64-60)49-33-25-43(26-34-49)56-39-46-13-4-5-14-50(46)52-15-6-7-16-53(52)56/h1-39H. The van der Waals surface area contributed by atoms with Gasteiger partial charge >= 0.3 is 0 Å². The van der Waals surface area contributed by atoms with E-state index in [1.807, 2.05) is 18.2 Å². The van der Waals surface area contributed by atoms with Crippen LogP contribution in [0, 0.1) is 0 Å². The highest BCUT2D eigenvalue weighted by Crippen LogP contribution is 2.42. The van der Waals surface area contributed by atoms with E-state index in [2.05, 4.69) is 223 Å². The van der Waals surface area contributed by atoms with Gasteiger partial charge in [0.15, 0.2) is 0 Å². The summed E-state index contributed by atoms with van der Waals surface area (Å²) in [5.41, 5.74) is 16.1. The largest absolute Gasteiger partial charge is 0.456 e. The van der Waals surface area contributed by atoms with Gasteiger partial charge in [0, 0.05) is 44.2 Å². The quantitative estimate of drug-likeness (QED) is 0.150. The second-order valence-corrected chi connectivity index (χ2v) is 16.8. The second-order valence-electron chi connectivity index (χ2n) is 16.8. The van der Waals surface area contributed by atoms with Crippen LogP contribution >= 0.6 is 0 Å². The lowest BCUT2D eigenvalue weighted by atomic mass is 9.93. The van der Waals surface area contributed by atoms with Crippen LogP contribution in [0.4, 0.5) is 17.1 Å². The van der Waals surface area contributed by atoms with E-state index in [1.165, 1.54) is 32.7 Å². The predicted octanol–water partition coefficient (Wildman–Crippen LogP) is 17.9. The van der Waals surface area contributed by atoms with Crippen molar-refractivity contribution in [3.63, 3.8) is 0 Å². The van der Waals surface area contributed by atoms with E-state index in [4.69, 9.17) is 8.83 Å². The van der Waals surface area contributed by atoms with E-state index in [0.29, 0.717) is 0 Å². The first-order chi connectivity index (χ1) is 32.2. The smallest absolute Gasteiger partial charge is 0.143 e. The minimum Gasteiger partial charge on any atom is -0.456 e. The molecule has 0 aliphatic heterocycles. The van der Waals surface area contributed by atoms with Crippen LogP contribution in [0.1, 0.15) is 0 Å². The highest BCUT2D eigenvalue weighted by molar-refractivity contribution is 6.14. The fourth-order valence-corrected chi connectivity index (χ4v) is 9.86. The molecule has 0 amide bonds. The minimum atomic E-state index is 0.886. The summed E-state index contributed by atoms with van der Waals surface area (Å²) < 4.78 is 12.7. The number of anilines is 3. The van der Waals surface area contributed by atoms with Crippen LogP contribution in [-0.4, -0.2) is 0 Å². The van der Waals surface area contributed by atoms with Crippen LogP contribution in [0.3, 0.4) is 0 Å². The highest BCUT2D eigenvalue weighted by Gasteiger charge is 2.17. The first-order valence-corrected chi connectivity index (χ1v) is 22.1. The third-order valence-corrected chi connectivity index (χ3v) is 13.1. The molecule has 3 nitrogen and oxygen atoms in total. The highest BCUT2D eigenvalue weighted by atomic mass is 16.3. The fourth-order valence-electron chi connectivity index (χ4n) is 9.86. The molecular weight excluding hydrogens is 791 g/mol. The Morgan fingerprint density at radius 3 is 1.40 bits per heavy atom. The molecule has 0 N–H and O–H groups in total. The normalized spacial score (nSPS) is 11.7. The molecule has 0 radical (unpaired) electrons. The Hall–Kier alpha value is -8.66. The molecule has 2 aromatic heterocycles. The molecule has 0 aliphatic rings. The molecule has 0 bridgehead atoms. The summed E-state index contributed by atoms with van der Waals surface area (Å²) in [4.78, 5) is 2.35. The molecule has 0 saturated heterocycles. The number of fused-ring (bicyclic) bond motifs is 9. The van der Waals surface area contributed by atoms with Crippen LogP contribution in [-0.2, 0) is 0 Å². The van der Waals surface area contributed by atoms with Crippen molar-refractivity contribution in [3.05, 3.63) is 237 Å². The number of para-hydroxylation sites is 2. The molecular formula is C62H39NO2. The maximum absolute atomic E-state index is 6.51. The molecule has 0 aliphatic carbocycles. The molecule has 13 rings (SSSR count). The fraction of sp³-hybridized carbons (Fsp3) is 0. The Kier molecular flexibility index (Phi) is 8.53. The Labute approximate surface area is 375 Å². The van der Waals surface area contributed by atoms with Crippen molar-refractivity contribution in [2.24, 2.45) is 0 Å². The molecule has 11 aromatic carbocycles. The van der Waals surface area contributed by atoms with Gasteiger partial charge < -0.3 is 13.7 Å². The summed E-state index contributed by atoms with van der Waals surface area (Å²) in [5, 5.41) is 9.52. The van der Waals surface area contributed by atoms with E-state index >= 15 is 0 Å². The maximum Gasteiger partial charge on any atom is 0.143 e. The summed E-state index contributed by atoms with van der Waals surface area (Å²) >= 11 is 0. The topological polar surface area (TPSA) is 29.5 Å². The number of rotatable bonds is 7. The predicted molar refractivity (Wildman–Crippen MR) is 272 cm³/mol. The van der Waals surface area contributed by atoms with Crippen molar-refractivity contribution < 1.29 is 8.83 Å². The zero-order chi connectivity index (χ0) is 42.8. The molecule has 0 fully saturated rings. The van der Waals surface area contributed by atoms with Crippen molar-refractivity contribution in [3.8, 4) is 44.5 Å². The lowest BCUT2D eigenvalue weighted by molar-refractivity contribution is 0.669. The average Bonchev–Trinajstić information content (AvgIpc) is 3.95. The molecule has 3 heteroatoms. The van der Waals surface area contributed by atoms with Gasteiger partial charge in [-0.05, 0) is 133 Å². The average molecular weight is 830 g/mol. The number of benzene rings is 11. The Bertz CT molecular complexity index is 3920. The molecule has 0 unspecified atom stereocenters. The van der Waals surface area contributed by atoms with Gasteiger partial charge in [-0.3, -0.25) is 0 Å². The van der Waals surface area contributed by atoms with E-state index in [0.717, 1.165) is 94.3 Å². The first kappa shape index (κ1) is 36.9. The van der Waals surface area contributed by atoms with Crippen LogP contribution in [0.2, 0.25) is 0 Å². The minimum absolute atomic E-state index is 0.886. The molecule has 304 valence electrons. The van der Waals surface area contributed by atoms with Crippen LogP contribution in [0.25, 0.3) is 110 Å². The third-order valence-electron chi connectivity index (χ3n) is 13.1.